The molecule has 14 heavy (non-hydrogen) atoms. The Hall–Kier alpha value is -1.29. The SMILES string of the molecule is CCC(Nc1ncc[nH]1)c1cccs1. The number of imidazole rings is 1. The van der Waals surface area contributed by atoms with Gasteiger partial charge in [-0.1, -0.05) is 13.0 Å². The Labute approximate surface area is 87.2 Å². The van der Waals surface area contributed by atoms with Crippen LogP contribution in [0.3, 0.4) is 0 Å². The van der Waals surface area contributed by atoms with Gasteiger partial charge in [-0.2, -0.15) is 0 Å². The van der Waals surface area contributed by atoms with Gasteiger partial charge in [-0.25, -0.2) is 4.98 Å². The molecule has 0 spiro atoms. The van der Waals surface area contributed by atoms with Crippen molar-refractivity contribution in [2.75, 3.05) is 5.32 Å². The molecule has 0 aliphatic rings. The molecule has 2 heterocycles. The van der Waals surface area contributed by atoms with Crippen molar-refractivity contribution in [3.05, 3.63) is 34.8 Å². The summed E-state index contributed by atoms with van der Waals surface area (Å²) in [7, 11) is 0. The molecular weight excluding hydrogens is 194 g/mol. The molecule has 0 amide bonds. The molecule has 4 heteroatoms. The lowest BCUT2D eigenvalue weighted by molar-refractivity contribution is 0.755. The van der Waals surface area contributed by atoms with Crippen molar-refractivity contribution in [1.29, 1.82) is 0 Å². The van der Waals surface area contributed by atoms with E-state index in [1.807, 2.05) is 6.20 Å². The Morgan fingerprint density at radius 3 is 3.14 bits per heavy atom. The van der Waals surface area contributed by atoms with E-state index in [9.17, 15) is 0 Å². The third kappa shape index (κ3) is 1.96. The molecule has 2 rings (SSSR count). The zero-order chi connectivity index (χ0) is 9.80. The zero-order valence-corrected chi connectivity index (χ0v) is 8.84. The third-order valence-electron chi connectivity index (χ3n) is 2.10. The Morgan fingerprint density at radius 2 is 2.57 bits per heavy atom. The average Bonchev–Trinajstić information content (AvgIpc) is 2.86. The minimum atomic E-state index is 0.362. The van der Waals surface area contributed by atoms with Crippen LogP contribution in [0.5, 0.6) is 0 Å². The normalized spacial score (nSPS) is 12.6. The number of hydrogen-bond acceptors (Lipinski definition) is 3. The largest absolute Gasteiger partial charge is 0.348 e. The van der Waals surface area contributed by atoms with Gasteiger partial charge >= 0.3 is 0 Å². The van der Waals surface area contributed by atoms with Crippen LogP contribution in [-0.2, 0) is 0 Å². The molecule has 0 saturated heterocycles. The first-order valence-corrected chi connectivity index (χ1v) is 5.57. The van der Waals surface area contributed by atoms with Crippen LogP contribution in [-0.4, -0.2) is 9.97 Å². The van der Waals surface area contributed by atoms with Crippen LogP contribution >= 0.6 is 11.3 Å². The van der Waals surface area contributed by atoms with Crippen LogP contribution in [0.4, 0.5) is 5.95 Å². The minimum Gasteiger partial charge on any atom is -0.348 e. The second-order valence-corrected chi connectivity index (χ2v) is 4.04. The monoisotopic (exact) mass is 207 g/mol. The number of H-pyrrole nitrogens is 1. The van der Waals surface area contributed by atoms with E-state index >= 15 is 0 Å². The van der Waals surface area contributed by atoms with Gasteiger partial charge in [0.25, 0.3) is 0 Å². The van der Waals surface area contributed by atoms with Crippen molar-refractivity contribution < 1.29 is 0 Å². The maximum absolute atomic E-state index is 4.15. The van der Waals surface area contributed by atoms with Gasteiger partial charge in [-0.05, 0) is 17.9 Å². The van der Waals surface area contributed by atoms with Gasteiger partial charge in [0.1, 0.15) is 0 Å². The van der Waals surface area contributed by atoms with E-state index in [2.05, 4.69) is 39.7 Å². The molecule has 0 aromatic carbocycles. The number of rotatable bonds is 4. The Bertz CT molecular complexity index is 353. The summed E-state index contributed by atoms with van der Waals surface area (Å²) in [5.74, 6) is 0.838. The van der Waals surface area contributed by atoms with Crippen molar-refractivity contribution in [2.24, 2.45) is 0 Å². The number of nitrogens with one attached hydrogen (secondary N) is 2. The smallest absolute Gasteiger partial charge is 0.200 e. The molecule has 0 fully saturated rings. The first-order valence-electron chi connectivity index (χ1n) is 4.69. The van der Waals surface area contributed by atoms with Crippen LogP contribution in [0, 0.1) is 0 Å². The highest BCUT2D eigenvalue weighted by atomic mass is 32.1. The second-order valence-electron chi connectivity index (χ2n) is 3.06. The second kappa shape index (κ2) is 4.28. The molecule has 0 aliphatic heterocycles. The number of anilines is 1. The van der Waals surface area contributed by atoms with Crippen molar-refractivity contribution in [3.8, 4) is 0 Å². The molecule has 0 bridgehead atoms. The summed E-state index contributed by atoms with van der Waals surface area (Å²) in [5, 5.41) is 5.45. The van der Waals surface area contributed by atoms with Crippen molar-refractivity contribution in [3.63, 3.8) is 0 Å². The standard InChI is InChI=1S/C10H13N3S/c1-2-8(9-4-3-7-14-9)13-10-11-5-6-12-10/h3-8H,2H2,1H3,(H2,11,12,13). The van der Waals surface area contributed by atoms with Gasteiger partial charge < -0.3 is 10.3 Å². The quantitative estimate of drug-likeness (QED) is 0.809. The van der Waals surface area contributed by atoms with E-state index in [1.54, 1.807) is 17.5 Å². The summed E-state index contributed by atoms with van der Waals surface area (Å²) >= 11 is 1.77. The van der Waals surface area contributed by atoms with Gasteiger partial charge in [0, 0.05) is 17.3 Å². The third-order valence-corrected chi connectivity index (χ3v) is 3.09. The van der Waals surface area contributed by atoms with Gasteiger partial charge in [0.05, 0.1) is 6.04 Å². The van der Waals surface area contributed by atoms with Crippen molar-refractivity contribution >= 4 is 17.3 Å². The van der Waals surface area contributed by atoms with Gasteiger partial charge in [-0.3, -0.25) is 0 Å². The van der Waals surface area contributed by atoms with Crippen LogP contribution in [0.25, 0.3) is 0 Å². The van der Waals surface area contributed by atoms with E-state index in [-0.39, 0.29) is 0 Å². The first-order chi connectivity index (χ1) is 6.90. The highest BCUT2D eigenvalue weighted by molar-refractivity contribution is 7.10. The van der Waals surface area contributed by atoms with Crippen molar-refractivity contribution in [1.82, 2.24) is 9.97 Å². The fraction of sp³-hybridized carbons (Fsp3) is 0.300. The molecule has 2 aromatic heterocycles. The fourth-order valence-electron chi connectivity index (χ4n) is 1.37. The molecule has 74 valence electrons. The predicted octanol–water partition coefficient (Wildman–Crippen LogP) is 3.03. The number of thiophene rings is 1. The highest BCUT2D eigenvalue weighted by Gasteiger charge is 2.10. The van der Waals surface area contributed by atoms with E-state index < -0.39 is 0 Å². The lowest BCUT2D eigenvalue weighted by atomic mass is 10.2. The maximum atomic E-state index is 4.15. The summed E-state index contributed by atoms with van der Waals surface area (Å²) in [6.07, 6.45) is 4.63. The summed E-state index contributed by atoms with van der Waals surface area (Å²) in [6, 6.07) is 4.59. The lowest BCUT2D eigenvalue weighted by Crippen LogP contribution is -2.08. The number of nitrogens with zero attached hydrogens (tertiary/aromatic N) is 1. The van der Waals surface area contributed by atoms with E-state index in [0.29, 0.717) is 6.04 Å². The molecule has 1 atom stereocenters. The lowest BCUT2D eigenvalue weighted by Gasteiger charge is -2.14. The predicted molar refractivity (Wildman–Crippen MR) is 59.6 cm³/mol. The Morgan fingerprint density at radius 1 is 1.64 bits per heavy atom. The van der Waals surface area contributed by atoms with Crippen LogP contribution in [0.1, 0.15) is 24.3 Å². The van der Waals surface area contributed by atoms with Gasteiger partial charge in [0.2, 0.25) is 5.95 Å². The number of hydrogen-bond donors (Lipinski definition) is 2. The first kappa shape index (κ1) is 9.27. The van der Waals surface area contributed by atoms with Crippen LogP contribution in [0.2, 0.25) is 0 Å². The van der Waals surface area contributed by atoms with Gasteiger partial charge in [-0.15, -0.1) is 11.3 Å². The van der Waals surface area contributed by atoms with E-state index in [0.717, 1.165) is 12.4 Å². The topological polar surface area (TPSA) is 40.7 Å². The fourth-order valence-corrected chi connectivity index (χ4v) is 2.23. The molecule has 0 saturated carbocycles. The summed E-state index contributed by atoms with van der Waals surface area (Å²) in [5.41, 5.74) is 0. The Kier molecular flexibility index (Phi) is 2.84. The van der Waals surface area contributed by atoms with Crippen LogP contribution in [0.15, 0.2) is 29.9 Å². The zero-order valence-electron chi connectivity index (χ0n) is 8.03. The van der Waals surface area contributed by atoms with E-state index in [4.69, 9.17) is 0 Å². The summed E-state index contributed by atoms with van der Waals surface area (Å²) < 4.78 is 0. The van der Waals surface area contributed by atoms with E-state index in [1.165, 1.54) is 4.88 Å². The highest BCUT2D eigenvalue weighted by Crippen LogP contribution is 2.24. The van der Waals surface area contributed by atoms with Gasteiger partial charge in [0.15, 0.2) is 0 Å². The average molecular weight is 207 g/mol. The number of aromatic nitrogens is 2. The molecule has 0 aliphatic carbocycles. The summed E-state index contributed by atoms with van der Waals surface area (Å²) in [4.78, 5) is 8.55. The number of aromatic amines is 1. The molecule has 2 aromatic rings. The molecular formula is C10H13N3S. The molecule has 3 nitrogen and oxygen atoms in total. The Balaban J connectivity index is 2.08. The van der Waals surface area contributed by atoms with Crippen LogP contribution < -0.4 is 5.32 Å². The summed E-state index contributed by atoms with van der Waals surface area (Å²) in [6.45, 7) is 2.17. The molecule has 0 radical (unpaired) electrons. The molecule has 2 N–H and O–H groups in total. The minimum absolute atomic E-state index is 0.362. The van der Waals surface area contributed by atoms with Crippen molar-refractivity contribution in [2.45, 2.75) is 19.4 Å². The maximum Gasteiger partial charge on any atom is 0.200 e. The molecule has 1 unspecified atom stereocenters.